The van der Waals surface area contributed by atoms with E-state index in [9.17, 15) is 18.0 Å². The number of amides is 1. The Kier molecular flexibility index (Phi) is 8.38. The number of carbonyl (C=O) groups excluding carboxylic acids is 1. The van der Waals surface area contributed by atoms with Crippen molar-refractivity contribution in [1.29, 1.82) is 0 Å². The number of anilines is 1. The second-order valence-electron chi connectivity index (χ2n) is 11.0. The number of aromatic nitrogens is 1. The third-order valence-electron chi connectivity index (χ3n) is 7.21. The van der Waals surface area contributed by atoms with Crippen molar-refractivity contribution in [2.24, 2.45) is 0 Å². The Morgan fingerprint density at radius 2 is 1.64 bits per heavy atom. The van der Waals surface area contributed by atoms with Crippen LogP contribution in [-0.2, 0) is 17.9 Å². The maximum absolute atomic E-state index is 13.8. The monoisotopic (exact) mass is 556 g/mol. The summed E-state index contributed by atoms with van der Waals surface area (Å²) < 4.78 is 41.1. The Hall–Kier alpha value is -2.96. The fourth-order valence-corrected chi connectivity index (χ4v) is 4.96. The summed E-state index contributed by atoms with van der Waals surface area (Å²) in [4.78, 5) is 24.4. The summed E-state index contributed by atoms with van der Waals surface area (Å²) in [7, 11) is 6.30. The molecule has 39 heavy (non-hydrogen) atoms. The molecule has 0 bridgehead atoms. The van der Waals surface area contributed by atoms with Crippen LogP contribution < -0.4 is 4.90 Å². The summed E-state index contributed by atoms with van der Waals surface area (Å²) in [5, 5.41) is -0.556. The third kappa shape index (κ3) is 6.79. The van der Waals surface area contributed by atoms with Crippen molar-refractivity contribution in [2.45, 2.75) is 38.6 Å². The molecule has 1 atom stereocenters. The number of alkyl halides is 3. The number of benzene rings is 2. The Bertz CT molecular complexity index is 1310. The molecular weight excluding hydrogens is 520 g/mol. The molecule has 5 nitrogen and oxygen atoms in total. The fraction of sp³-hybridized carbons (Fsp3) is 0.400. The molecule has 0 spiro atoms. The van der Waals surface area contributed by atoms with Gasteiger partial charge in [0.2, 0.25) is 0 Å². The van der Waals surface area contributed by atoms with E-state index in [0.717, 1.165) is 54.8 Å². The molecule has 1 unspecified atom stereocenters. The van der Waals surface area contributed by atoms with E-state index in [1.165, 1.54) is 11.0 Å². The van der Waals surface area contributed by atoms with Crippen LogP contribution in [0.2, 0.25) is 0 Å². The Morgan fingerprint density at radius 1 is 1.00 bits per heavy atom. The average Bonchev–Trinajstić information content (AvgIpc) is 2.87. The zero-order valence-electron chi connectivity index (χ0n) is 23.1. The minimum absolute atomic E-state index is 0.0317. The molecular formula is C30H36F3N4OP. The molecule has 1 aliphatic heterocycles. The summed E-state index contributed by atoms with van der Waals surface area (Å²) in [5.41, 5.74) is 3.38. The zero-order chi connectivity index (χ0) is 28.5. The van der Waals surface area contributed by atoms with E-state index in [1.54, 1.807) is 19.3 Å². The lowest BCUT2D eigenvalue weighted by atomic mass is 9.95. The highest BCUT2D eigenvalue weighted by Gasteiger charge is 2.33. The van der Waals surface area contributed by atoms with Crippen molar-refractivity contribution in [1.82, 2.24) is 14.8 Å². The van der Waals surface area contributed by atoms with E-state index < -0.39 is 16.9 Å². The van der Waals surface area contributed by atoms with Crippen LogP contribution in [0.1, 0.15) is 46.5 Å². The predicted octanol–water partition coefficient (Wildman–Crippen LogP) is 6.21. The van der Waals surface area contributed by atoms with Crippen molar-refractivity contribution >= 4 is 21.0 Å². The van der Waals surface area contributed by atoms with Gasteiger partial charge < -0.3 is 14.7 Å². The molecule has 9 heteroatoms. The molecule has 2 heterocycles. The second kappa shape index (κ2) is 11.3. The van der Waals surface area contributed by atoms with E-state index in [-0.39, 0.29) is 12.5 Å². The van der Waals surface area contributed by atoms with Gasteiger partial charge in [-0.2, -0.15) is 13.2 Å². The molecule has 0 aliphatic carbocycles. The molecule has 0 N–H and O–H groups in total. The smallest absolute Gasteiger partial charge is 0.354 e. The van der Waals surface area contributed by atoms with Crippen molar-refractivity contribution in [3.8, 4) is 11.1 Å². The van der Waals surface area contributed by atoms with Crippen molar-refractivity contribution < 1.29 is 18.0 Å². The molecule has 1 aromatic heterocycles. The van der Waals surface area contributed by atoms with Crippen LogP contribution in [-0.4, -0.2) is 61.0 Å². The Labute approximate surface area is 231 Å². The first-order chi connectivity index (χ1) is 18.2. The highest BCUT2D eigenvalue weighted by Crippen LogP contribution is 2.37. The average molecular weight is 557 g/mol. The first-order valence-electron chi connectivity index (χ1n) is 13.0. The predicted molar refractivity (Wildman–Crippen MR) is 154 cm³/mol. The van der Waals surface area contributed by atoms with Gasteiger partial charge in [-0.05, 0) is 60.0 Å². The lowest BCUT2D eigenvalue weighted by molar-refractivity contribution is -0.137. The lowest BCUT2D eigenvalue weighted by Crippen LogP contribution is -2.44. The van der Waals surface area contributed by atoms with Gasteiger partial charge in [-0.1, -0.05) is 44.2 Å². The number of rotatable bonds is 6. The molecule has 0 saturated carbocycles. The summed E-state index contributed by atoms with van der Waals surface area (Å²) in [5.74, 6) is 0.514. The number of pyridine rings is 1. The van der Waals surface area contributed by atoms with Crippen molar-refractivity contribution in [3.63, 3.8) is 0 Å². The number of likely N-dealkylation sites (N-methyl/N-ethyl adjacent to an activating group) is 1. The topological polar surface area (TPSA) is 39.7 Å². The van der Waals surface area contributed by atoms with E-state index in [4.69, 9.17) is 0 Å². The molecule has 208 valence electrons. The Balaban J connectivity index is 1.70. The molecule has 0 radical (unpaired) electrons. The number of aryl methyl sites for hydroxylation is 1. The molecule has 2 aromatic carbocycles. The van der Waals surface area contributed by atoms with Crippen LogP contribution in [0, 0.1) is 6.92 Å². The van der Waals surface area contributed by atoms with E-state index in [2.05, 4.69) is 31.1 Å². The van der Waals surface area contributed by atoms with Crippen LogP contribution in [0.3, 0.4) is 0 Å². The maximum atomic E-state index is 13.8. The summed E-state index contributed by atoms with van der Waals surface area (Å²) >= 11 is 0. The quantitative estimate of drug-likeness (QED) is 0.339. The van der Waals surface area contributed by atoms with Crippen LogP contribution in [0.5, 0.6) is 0 Å². The van der Waals surface area contributed by atoms with E-state index in [0.29, 0.717) is 16.7 Å². The van der Waals surface area contributed by atoms with Crippen molar-refractivity contribution in [3.05, 3.63) is 82.5 Å². The molecule has 3 aromatic rings. The van der Waals surface area contributed by atoms with E-state index >= 15 is 0 Å². The van der Waals surface area contributed by atoms with Crippen LogP contribution >= 0.6 is 9.24 Å². The van der Waals surface area contributed by atoms with Crippen LogP contribution in [0.4, 0.5) is 19.0 Å². The SMILES string of the molecule is Cc1ccccc1-c1cc(N2CCN(C)CC2)ncc1C(=O)N(C)Cc1cc(C(F)(F)F)cc(C(C)(C)P)c1. The van der Waals surface area contributed by atoms with E-state index in [1.807, 2.05) is 51.1 Å². The minimum Gasteiger partial charge on any atom is -0.354 e. The van der Waals surface area contributed by atoms with Gasteiger partial charge in [0.1, 0.15) is 5.82 Å². The normalized spacial score (nSPS) is 14.9. The van der Waals surface area contributed by atoms with Crippen LogP contribution in [0.15, 0.2) is 54.7 Å². The van der Waals surface area contributed by atoms with Gasteiger partial charge in [-0.25, -0.2) is 4.98 Å². The molecule has 1 amide bonds. The van der Waals surface area contributed by atoms with Gasteiger partial charge in [0.25, 0.3) is 5.91 Å². The van der Waals surface area contributed by atoms with Crippen LogP contribution in [0.25, 0.3) is 11.1 Å². The number of halogens is 3. The summed E-state index contributed by atoms with van der Waals surface area (Å²) in [6.07, 6.45) is -2.87. The fourth-order valence-electron chi connectivity index (χ4n) is 4.79. The molecule has 1 aliphatic rings. The first kappa shape index (κ1) is 29.0. The zero-order valence-corrected chi connectivity index (χ0v) is 24.3. The third-order valence-corrected chi connectivity index (χ3v) is 7.55. The van der Waals surface area contributed by atoms with Gasteiger partial charge in [-0.15, -0.1) is 9.24 Å². The van der Waals surface area contributed by atoms with Gasteiger partial charge in [0.15, 0.2) is 0 Å². The summed E-state index contributed by atoms with van der Waals surface area (Å²) in [6.45, 7) is 9.25. The van der Waals surface area contributed by atoms with Gasteiger partial charge in [-0.3, -0.25) is 4.79 Å². The first-order valence-corrected chi connectivity index (χ1v) is 13.6. The lowest BCUT2D eigenvalue weighted by Gasteiger charge is -2.33. The highest BCUT2D eigenvalue weighted by molar-refractivity contribution is 7.18. The number of carbonyl (C=O) groups is 1. The number of hydrogen-bond donors (Lipinski definition) is 0. The molecule has 1 saturated heterocycles. The maximum Gasteiger partial charge on any atom is 0.416 e. The minimum atomic E-state index is -4.48. The standard InChI is InChI=1S/C30H36F3N4OP/c1-20-8-6-7-9-24(20)25-17-27(37-12-10-35(4)11-13-37)34-18-26(25)28(38)36(5)19-21-14-22(29(2,3)39)16-23(15-21)30(31,32)33/h6-9,14-18H,10-13,19,39H2,1-5H3. The number of nitrogens with zero attached hydrogens (tertiary/aromatic N) is 4. The molecule has 4 rings (SSSR count). The van der Waals surface area contributed by atoms with Gasteiger partial charge in [0.05, 0.1) is 11.1 Å². The van der Waals surface area contributed by atoms with Gasteiger partial charge >= 0.3 is 6.18 Å². The van der Waals surface area contributed by atoms with Crippen molar-refractivity contribution in [2.75, 3.05) is 45.2 Å². The largest absolute Gasteiger partial charge is 0.416 e. The number of hydrogen-bond acceptors (Lipinski definition) is 4. The highest BCUT2D eigenvalue weighted by atomic mass is 31.0. The second-order valence-corrected chi connectivity index (χ2v) is 12.4. The van der Waals surface area contributed by atoms with Gasteiger partial charge in [0, 0.05) is 51.1 Å². The number of piperazine rings is 1. The molecule has 1 fully saturated rings. The Morgan fingerprint density at radius 3 is 2.26 bits per heavy atom. The summed E-state index contributed by atoms with van der Waals surface area (Å²) in [6, 6.07) is 13.9.